The summed E-state index contributed by atoms with van der Waals surface area (Å²) in [6.07, 6.45) is 1.86. The van der Waals surface area contributed by atoms with Crippen LogP contribution in [-0.2, 0) is 37.8 Å². The average molecular weight is 294 g/mol. The Morgan fingerprint density at radius 3 is 1.53 bits per heavy atom. The summed E-state index contributed by atoms with van der Waals surface area (Å²) in [5.74, 6) is -1.39. The van der Waals surface area contributed by atoms with E-state index in [9.17, 15) is 18.0 Å². The molecule has 0 aromatic carbocycles. The molecule has 0 heterocycles. The quantitative estimate of drug-likeness (QED) is 0.308. The first-order valence-electron chi connectivity index (χ1n) is 5.03. The van der Waals surface area contributed by atoms with E-state index in [0.29, 0.717) is 0 Å². The molecule has 0 bridgehead atoms. The van der Waals surface area contributed by atoms with Crippen molar-refractivity contribution < 1.29 is 35.8 Å². The smallest absolute Gasteiger partial charge is 0.400 e. The highest BCUT2D eigenvalue weighted by Crippen LogP contribution is 1.96. The van der Waals surface area contributed by atoms with E-state index in [2.05, 4.69) is 31.0 Å². The van der Waals surface area contributed by atoms with Gasteiger partial charge in [-0.25, -0.2) is 18.0 Å². The fraction of sp³-hybridized carbons (Fsp3) is 0.400. The Balaban J connectivity index is 3.74. The summed E-state index contributed by atoms with van der Waals surface area (Å²) in [5, 5.41) is 0. The van der Waals surface area contributed by atoms with Gasteiger partial charge in [0.25, 0.3) is 0 Å². The minimum atomic E-state index is -4.23. The van der Waals surface area contributed by atoms with Crippen LogP contribution in [-0.4, -0.2) is 46.8 Å². The molecule has 0 aromatic heterocycles. The average Bonchev–Trinajstić information content (AvgIpc) is 2.39. The van der Waals surface area contributed by atoms with Crippen molar-refractivity contribution in [2.24, 2.45) is 0 Å². The summed E-state index contributed by atoms with van der Waals surface area (Å²) < 4.78 is 39.8. The Labute approximate surface area is 110 Å². The molecule has 0 N–H and O–H groups in total. The number of hydrogen-bond donors (Lipinski definition) is 0. The zero-order valence-electron chi connectivity index (χ0n) is 10.1. The van der Waals surface area contributed by atoms with Gasteiger partial charge in [0.05, 0.1) is 0 Å². The summed E-state index contributed by atoms with van der Waals surface area (Å²) in [4.78, 5) is 21.2. The molecule has 0 atom stereocenters. The molecule has 0 amide bonds. The molecule has 0 radical (unpaired) electrons. The lowest BCUT2D eigenvalue weighted by Gasteiger charge is -2.06. The summed E-state index contributed by atoms with van der Waals surface area (Å²) in [6, 6.07) is 0. The number of carbonyl (C=O) groups excluding carboxylic acids is 2. The van der Waals surface area contributed by atoms with Gasteiger partial charge >= 0.3 is 22.3 Å². The summed E-state index contributed by atoms with van der Waals surface area (Å²) >= 11 is 0. The summed E-state index contributed by atoms with van der Waals surface area (Å²) in [7, 11) is -4.23. The second kappa shape index (κ2) is 9.25. The van der Waals surface area contributed by atoms with Gasteiger partial charge in [-0.2, -0.15) is 8.42 Å². The van der Waals surface area contributed by atoms with Gasteiger partial charge in [-0.3, -0.25) is 0 Å². The van der Waals surface area contributed by atoms with E-state index >= 15 is 0 Å². The minimum absolute atomic E-state index is 0.265. The van der Waals surface area contributed by atoms with E-state index in [-0.39, 0.29) is 13.2 Å². The molecule has 0 aliphatic carbocycles. The topological polar surface area (TPSA) is 105 Å². The molecule has 0 spiro atoms. The van der Waals surface area contributed by atoms with Crippen LogP contribution in [0, 0.1) is 0 Å². The predicted molar refractivity (Wildman–Crippen MR) is 63.1 cm³/mol. The van der Waals surface area contributed by atoms with Gasteiger partial charge in [0, 0.05) is 12.2 Å². The van der Waals surface area contributed by atoms with Crippen molar-refractivity contribution in [3.8, 4) is 0 Å². The van der Waals surface area contributed by atoms with Crippen LogP contribution in [0.15, 0.2) is 25.3 Å². The van der Waals surface area contributed by atoms with Gasteiger partial charge in [-0.1, -0.05) is 13.2 Å². The van der Waals surface area contributed by atoms with Crippen LogP contribution < -0.4 is 0 Å². The zero-order valence-corrected chi connectivity index (χ0v) is 10.9. The van der Waals surface area contributed by atoms with Crippen LogP contribution in [0.4, 0.5) is 0 Å². The van der Waals surface area contributed by atoms with Crippen molar-refractivity contribution in [2.45, 2.75) is 0 Å². The Hall–Kier alpha value is -1.71. The molecule has 108 valence electrons. The molecule has 8 nitrogen and oxygen atoms in total. The monoisotopic (exact) mass is 294 g/mol. The SMILES string of the molecule is C=CC(=O)OCCOS(=O)(=O)OCCOC(=O)C=C. The molecule has 0 unspecified atom stereocenters. The second-order valence-electron chi connectivity index (χ2n) is 2.80. The largest absolute Gasteiger partial charge is 0.460 e. The van der Waals surface area contributed by atoms with Crippen molar-refractivity contribution in [3.05, 3.63) is 25.3 Å². The third-order valence-electron chi connectivity index (χ3n) is 1.44. The van der Waals surface area contributed by atoms with Crippen molar-refractivity contribution >= 4 is 22.3 Å². The zero-order chi connectivity index (χ0) is 14.7. The lowest BCUT2D eigenvalue weighted by molar-refractivity contribution is -0.139. The maximum absolute atomic E-state index is 11.1. The highest BCUT2D eigenvalue weighted by Gasteiger charge is 2.12. The lowest BCUT2D eigenvalue weighted by atomic mass is 10.6. The van der Waals surface area contributed by atoms with Crippen molar-refractivity contribution in [3.63, 3.8) is 0 Å². The van der Waals surface area contributed by atoms with Gasteiger partial charge in [0.1, 0.15) is 26.4 Å². The van der Waals surface area contributed by atoms with E-state index in [1.54, 1.807) is 0 Å². The molecule has 0 aromatic rings. The number of rotatable bonds is 10. The molecule has 0 aliphatic rings. The van der Waals surface area contributed by atoms with Crippen molar-refractivity contribution in [1.82, 2.24) is 0 Å². The summed E-state index contributed by atoms with van der Waals surface area (Å²) in [6.45, 7) is 4.99. The standard InChI is InChI=1S/C10H14O8S/c1-3-9(11)15-5-7-17-19(13,14)18-8-6-16-10(12)4-2/h3-4H,1-2,5-8H2. The van der Waals surface area contributed by atoms with Crippen LogP contribution in [0.1, 0.15) is 0 Å². The van der Waals surface area contributed by atoms with E-state index in [1.807, 2.05) is 0 Å². The molecule has 0 rings (SSSR count). The number of esters is 2. The predicted octanol–water partition coefficient (Wildman–Crippen LogP) is -0.277. The Morgan fingerprint density at radius 1 is 0.842 bits per heavy atom. The maximum atomic E-state index is 11.1. The minimum Gasteiger partial charge on any atom is -0.460 e. The van der Waals surface area contributed by atoms with Crippen LogP contribution in [0.5, 0.6) is 0 Å². The van der Waals surface area contributed by atoms with Crippen LogP contribution in [0.2, 0.25) is 0 Å². The number of carbonyl (C=O) groups is 2. The normalized spacial score (nSPS) is 10.5. The molecule has 0 fully saturated rings. The Morgan fingerprint density at radius 2 is 1.21 bits per heavy atom. The van der Waals surface area contributed by atoms with Gasteiger partial charge in [0.2, 0.25) is 0 Å². The van der Waals surface area contributed by atoms with Crippen molar-refractivity contribution in [1.29, 1.82) is 0 Å². The molecule has 0 saturated heterocycles. The fourth-order valence-corrected chi connectivity index (χ4v) is 1.32. The molecule has 0 saturated carbocycles. The van der Waals surface area contributed by atoms with E-state index < -0.39 is 35.6 Å². The van der Waals surface area contributed by atoms with E-state index in [0.717, 1.165) is 12.2 Å². The summed E-state index contributed by atoms with van der Waals surface area (Å²) in [5.41, 5.74) is 0. The molecule has 0 aliphatic heterocycles. The van der Waals surface area contributed by atoms with Gasteiger partial charge in [-0.15, -0.1) is 0 Å². The van der Waals surface area contributed by atoms with Crippen LogP contribution in [0.25, 0.3) is 0 Å². The van der Waals surface area contributed by atoms with Crippen molar-refractivity contribution in [2.75, 3.05) is 26.4 Å². The number of ether oxygens (including phenoxy) is 2. The first kappa shape index (κ1) is 17.3. The fourth-order valence-electron chi connectivity index (χ4n) is 0.709. The van der Waals surface area contributed by atoms with Crippen LogP contribution in [0.3, 0.4) is 0 Å². The third kappa shape index (κ3) is 9.94. The maximum Gasteiger partial charge on any atom is 0.400 e. The molecule has 19 heavy (non-hydrogen) atoms. The lowest BCUT2D eigenvalue weighted by Crippen LogP contribution is -2.18. The van der Waals surface area contributed by atoms with E-state index in [1.165, 1.54) is 0 Å². The van der Waals surface area contributed by atoms with E-state index in [4.69, 9.17) is 0 Å². The van der Waals surface area contributed by atoms with Crippen LogP contribution >= 0.6 is 0 Å². The molecule has 9 heteroatoms. The van der Waals surface area contributed by atoms with Gasteiger partial charge < -0.3 is 9.47 Å². The second-order valence-corrected chi connectivity index (χ2v) is 4.08. The Kier molecular flexibility index (Phi) is 8.42. The highest BCUT2D eigenvalue weighted by atomic mass is 32.3. The van der Waals surface area contributed by atoms with Gasteiger partial charge in [-0.05, 0) is 0 Å². The first-order valence-corrected chi connectivity index (χ1v) is 6.37. The molecular formula is C10H14O8S. The first-order chi connectivity index (χ1) is 8.91. The highest BCUT2D eigenvalue weighted by molar-refractivity contribution is 7.81. The third-order valence-corrected chi connectivity index (χ3v) is 2.35. The van der Waals surface area contributed by atoms with Gasteiger partial charge in [0.15, 0.2) is 0 Å². The number of hydrogen-bond acceptors (Lipinski definition) is 8. The molecular weight excluding hydrogens is 280 g/mol. The Bertz CT molecular complexity index is 391.